The number of aliphatic carboxylic acids is 1. The van der Waals surface area contributed by atoms with Gasteiger partial charge in [-0.15, -0.1) is 0 Å². The molecule has 98 valence electrons. The van der Waals surface area contributed by atoms with Gasteiger partial charge in [0, 0.05) is 0 Å². The third kappa shape index (κ3) is 5.19. The van der Waals surface area contributed by atoms with Gasteiger partial charge in [-0.3, -0.25) is 4.79 Å². The summed E-state index contributed by atoms with van der Waals surface area (Å²) in [5.41, 5.74) is 4.32. The molecule has 0 rings (SSSR count). The minimum Gasteiger partial charge on any atom is -0.480 e. The molecule has 0 fully saturated rings. The summed E-state index contributed by atoms with van der Waals surface area (Å²) in [4.78, 5) is 33.1. The molecule has 2 atom stereocenters. The Balaban J connectivity index is 4.54. The Morgan fingerprint density at radius 3 is 1.94 bits per heavy atom. The molecule has 0 spiro atoms. The molecule has 7 nitrogen and oxygen atoms in total. The fourth-order valence-corrected chi connectivity index (χ4v) is 1.09. The van der Waals surface area contributed by atoms with Gasteiger partial charge in [-0.1, -0.05) is 20.8 Å². The molecule has 3 amide bonds. The number of primary amides is 1. The Kier molecular flexibility index (Phi) is 4.93. The summed E-state index contributed by atoms with van der Waals surface area (Å²) in [6, 6.07) is -2.65. The van der Waals surface area contributed by atoms with Gasteiger partial charge in [0.15, 0.2) is 0 Å². The Hall–Kier alpha value is -1.79. The second-order valence-electron chi connectivity index (χ2n) is 4.88. The van der Waals surface area contributed by atoms with Gasteiger partial charge in [-0.2, -0.15) is 0 Å². The number of carboxylic acids is 1. The highest BCUT2D eigenvalue weighted by molar-refractivity contribution is 5.87. The fourth-order valence-electron chi connectivity index (χ4n) is 1.09. The van der Waals surface area contributed by atoms with Crippen LogP contribution in [0.15, 0.2) is 0 Å². The van der Waals surface area contributed by atoms with Crippen molar-refractivity contribution in [3.8, 4) is 0 Å². The molecule has 0 radical (unpaired) electrons. The molecule has 0 aliphatic carbocycles. The first-order chi connectivity index (χ1) is 7.55. The van der Waals surface area contributed by atoms with E-state index in [0.717, 1.165) is 0 Å². The molecule has 7 heteroatoms. The second-order valence-corrected chi connectivity index (χ2v) is 4.88. The van der Waals surface area contributed by atoms with E-state index in [9.17, 15) is 14.4 Å². The van der Waals surface area contributed by atoms with E-state index in [0.29, 0.717) is 0 Å². The first-order valence-electron chi connectivity index (χ1n) is 5.15. The first-order valence-corrected chi connectivity index (χ1v) is 5.15. The number of urea groups is 1. The molecule has 0 heterocycles. The molecular weight excluding hydrogens is 226 g/mol. The van der Waals surface area contributed by atoms with E-state index in [4.69, 9.17) is 10.8 Å². The monoisotopic (exact) mass is 245 g/mol. The van der Waals surface area contributed by atoms with E-state index in [1.807, 2.05) is 0 Å². The zero-order valence-electron chi connectivity index (χ0n) is 10.4. The van der Waals surface area contributed by atoms with Crippen LogP contribution in [0.1, 0.15) is 27.7 Å². The summed E-state index contributed by atoms with van der Waals surface area (Å²) in [7, 11) is 0. The van der Waals surface area contributed by atoms with E-state index < -0.39 is 35.4 Å². The molecule has 0 aromatic carbocycles. The van der Waals surface area contributed by atoms with Crippen molar-refractivity contribution in [1.29, 1.82) is 0 Å². The van der Waals surface area contributed by atoms with E-state index in [1.165, 1.54) is 6.92 Å². The lowest BCUT2D eigenvalue weighted by atomic mass is 9.87. The van der Waals surface area contributed by atoms with Crippen LogP contribution in [-0.2, 0) is 9.59 Å². The number of hydrogen-bond donors (Lipinski definition) is 4. The van der Waals surface area contributed by atoms with Crippen LogP contribution in [-0.4, -0.2) is 35.1 Å². The minimum absolute atomic E-state index is 0.640. The van der Waals surface area contributed by atoms with Gasteiger partial charge in [-0.25, -0.2) is 9.59 Å². The summed E-state index contributed by atoms with van der Waals surface area (Å²) in [6.45, 7) is 6.46. The molecule has 17 heavy (non-hydrogen) atoms. The Bertz CT molecular complexity index is 322. The molecule has 0 saturated heterocycles. The van der Waals surface area contributed by atoms with Crippen LogP contribution in [0, 0.1) is 5.41 Å². The molecule has 0 saturated carbocycles. The largest absolute Gasteiger partial charge is 0.480 e. The van der Waals surface area contributed by atoms with Gasteiger partial charge in [0.25, 0.3) is 0 Å². The maximum atomic E-state index is 11.4. The number of rotatable bonds is 4. The highest BCUT2D eigenvalue weighted by Crippen LogP contribution is 2.19. The van der Waals surface area contributed by atoms with Crippen LogP contribution >= 0.6 is 0 Å². The number of carbonyl (C=O) groups is 3. The maximum absolute atomic E-state index is 11.4. The Labute approximate surface area is 99.7 Å². The van der Waals surface area contributed by atoms with Crippen LogP contribution in [0.4, 0.5) is 4.79 Å². The zero-order valence-corrected chi connectivity index (χ0v) is 10.4. The predicted octanol–water partition coefficient (Wildman–Crippen LogP) is -0.341. The Morgan fingerprint density at radius 2 is 1.65 bits per heavy atom. The molecule has 0 aliphatic heterocycles. The first kappa shape index (κ1) is 15.2. The Morgan fingerprint density at radius 1 is 1.18 bits per heavy atom. The average molecular weight is 245 g/mol. The second kappa shape index (κ2) is 5.51. The zero-order chi connectivity index (χ0) is 13.8. The van der Waals surface area contributed by atoms with E-state index in [1.54, 1.807) is 20.8 Å². The summed E-state index contributed by atoms with van der Waals surface area (Å²) in [5.74, 6) is -1.83. The van der Waals surface area contributed by atoms with Crippen molar-refractivity contribution in [2.45, 2.75) is 39.8 Å². The number of nitrogens with two attached hydrogens (primary N) is 1. The van der Waals surface area contributed by atoms with Crippen molar-refractivity contribution in [2.75, 3.05) is 0 Å². The topological polar surface area (TPSA) is 122 Å². The van der Waals surface area contributed by atoms with Crippen LogP contribution in [0.5, 0.6) is 0 Å². The molecule has 1 unspecified atom stereocenters. The molecular formula is C10H19N3O4. The van der Waals surface area contributed by atoms with Gasteiger partial charge in [0.05, 0.1) is 0 Å². The van der Waals surface area contributed by atoms with Crippen molar-refractivity contribution in [2.24, 2.45) is 11.1 Å². The van der Waals surface area contributed by atoms with Crippen molar-refractivity contribution in [1.82, 2.24) is 10.6 Å². The van der Waals surface area contributed by atoms with Gasteiger partial charge in [-0.05, 0) is 12.3 Å². The summed E-state index contributed by atoms with van der Waals surface area (Å²) < 4.78 is 0. The number of amides is 3. The molecule has 5 N–H and O–H groups in total. The third-order valence-corrected chi connectivity index (χ3v) is 2.16. The van der Waals surface area contributed by atoms with Crippen molar-refractivity contribution >= 4 is 17.9 Å². The van der Waals surface area contributed by atoms with E-state index in [-0.39, 0.29) is 0 Å². The van der Waals surface area contributed by atoms with Crippen molar-refractivity contribution < 1.29 is 19.5 Å². The normalized spacial score (nSPS) is 14.6. The highest BCUT2D eigenvalue weighted by Gasteiger charge is 2.32. The molecule has 0 aromatic heterocycles. The van der Waals surface area contributed by atoms with E-state index >= 15 is 0 Å². The van der Waals surface area contributed by atoms with Gasteiger partial charge in [0.1, 0.15) is 12.1 Å². The average Bonchev–Trinajstić information content (AvgIpc) is 2.11. The number of hydrogen-bond acceptors (Lipinski definition) is 3. The lowest BCUT2D eigenvalue weighted by molar-refractivity contribution is -0.141. The van der Waals surface area contributed by atoms with Gasteiger partial charge < -0.3 is 21.5 Å². The predicted molar refractivity (Wildman–Crippen MR) is 61.2 cm³/mol. The lowest BCUT2D eigenvalue weighted by Gasteiger charge is -2.28. The molecule has 0 bridgehead atoms. The third-order valence-electron chi connectivity index (χ3n) is 2.16. The van der Waals surface area contributed by atoms with Crippen LogP contribution in [0.3, 0.4) is 0 Å². The standard InChI is InChI=1S/C10H19N3O4/c1-5(7(11)14)12-9(17)13-6(8(15)16)10(2,3)4/h5-6H,1-4H3,(H2,11,14)(H,15,16)(H2,12,13,17)/t5?,6-/m0/s1. The number of nitrogens with one attached hydrogen (secondary N) is 2. The van der Waals surface area contributed by atoms with Crippen LogP contribution < -0.4 is 16.4 Å². The van der Waals surface area contributed by atoms with Crippen molar-refractivity contribution in [3.63, 3.8) is 0 Å². The minimum atomic E-state index is -1.14. The smallest absolute Gasteiger partial charge is 0.326 e. The number of carbonyl (C=O) groups excluding carboxylic acids is 2. The fraction of sp³-hybridized carbons (Fsp3) is 0.700. The summed E-state index contributed by atoms with van der Waals surface area (Å²) >= 11 is 0. The van der Waals surface area contributed by atoms with E-state index in [2.05, 4.69) is 10.6 Å². The lowest BCUT2D eigenvalue weighted by Crippen LogP contribution is -2.55. The highest BCUT2D eigenvalue weighted by atomic mass is 16.4. The molecule has 0 aliphatic rings. The van der Waals surface area contributed by atoms with Crippen LogP contribution in [0.25, 0.3) is 0 Å². The van der Waals surface area contributed by atoms with Crippen molar-refractivity contribution in [3.05, 3.63) is 0 Å². The van der Waals surface area contributed by atoms with Crippen LogP contribution in [0.2, 0.25) is 0 Å². The SMILES string of the molecule is CC(NC(=O)N[C@@H](C(=O)O)C(C)(C)C)C(N)=O. The maximum Gasteiger partial charge on any atom is 0.326 e. The molecule has 0 aromatic rings. The summed E-state index contributed by atoms with van der Waals surface area (Å²) in [5, 5.41) is 13.5. The quantitative estimate of drug-likeness (QED) is 0.541. The number of carboxylic acid groups (broad SMARTS) is 1. The summed E-state index contributed by atoms with van der Waals surface area (Å²) in [6.07, 6.45) is 0. The van der Waals surface area contributed by atoms with Gasteiger partial charge >= 0.3 is 12.0 Å². The van der Waals surface area contributed by atoms with Gasteiger partial charge in [0.2, 0.25) is 5.91 Å².